The third-order valence-corrected chi connectivity index (χ3v) is 3.83. The summed E-state index contributed by atoms with van der Waals surface area (Å²) in [6, 6.07) is 1.96. The summed E-state index contributed by atoms with van der Waals surface area (Å²) < 4.78 is 9.28. The van der Waals surface area contributed by atoms with Crippen molar-refractivity contribution in [3.8, 4) is 0 Å². The van der Waals surface area contributed by atoms with Crippen LogP contribution in [0, 0.1) is 13.8 Å². The van der Waals surface area contributed by atoms with Crippen molar-refractivity contribution in [2.45, 2.75) is 27.3 Å². The minimum absolute atomic E-state index is 0.329. The molecule has 1 N–H and O–H groups in total. The number of carbonyl (C=O) groups is 1. The van der Waals surface area contributed by atoms with Crippen LogP contribution < -0.4 is 5.32 Å². The third kappa shape index (κ3) is 3.14. The molecule has 0 unspecified atom stereocenters. The van der Waals surface area contributed by atoms with Crippen LogP contribution in [0.15, 0.2) is 18.5 Å². The summed E-state index contributed by atoms with van der Waals surface area (Å²) in [7, 11) is 0. The molecule has 20 heavy (non-hydrogen) atoms. The maximum Gasteiger partial charge on any atom is 0.343 e. The Bertz CT molecular complexity index is 610. The fraction of sp³-hybridized carbons (Fsp3) is 0.357. The maximum atomic E-state index is 11.9. The summed E-state index contributed by atoms with van der Waals surface area (Å²) in [5.74, 6) is -0.329. The van der Waals surface area contributed by atoms with Gasteiger partial charge in [0.15, 0.2) is 0 Å². The zero-order chi connectivity index (χ0) is 14.5. The van der Waals surface area contributed by atoms with Crippen molar-refractivity contribution in [3.63, 3.8) is 0 Å². The maximum absolute atomic E-state index is 11.9. The molecule has 0 aromatic carbocycles. The van der Waals surface area contributed by atoms with E-state index >= 15 is 0 Å². The molecule has 106 valence electrons. The Balaban J connectivity index is 2.14. The van der Waals surface area contributed by atoms with Crippen LogP contribution >= 0.6 is 11.5 Å². The van der Waals surface area contributed by atoms with Crippen molar-refractivity contribution in [3.05, 3.63) is 40.8 Å². The van der Waals surface area contributed by atoms with Crippen molar-refractivity contribution >= 4 is 22.5 Å². The number of anilines is 1. The number of aryl methyl sites for hydroxylation is 2. The molecule has 0 aliphatic carbocycles. The first-order valence-electron chi connectivity index (χ1n) is 6.40. The number of pyridine rings is 1. The van der Waals surface area contributed by atoms with E-state index in [1.54, 1.807) is 13.1 Å². The zero-order valence-corrected chi connectivity index (χ0v) is 12.6. The predicted molar refractivity (Wildman–Crippen MR) is 79.1 cm³/mol. The van der Waals surface area contributed by atoms with E-state index in [1.165, 1.54) is 11.5 Å². The van der Waals surface area contributed by atoms with E-state index in [0.717, 1.165) is 16.1 Å². The van der Waals surface area contributed by atoms with Gasteiger partial charge in [0.25, 0.3) is 0 Å². The van der Waals surface area contributed by atoms with Crippen molar-refractivity contribution in [1.82, 2.24) is 9.36 Å². The monoisotopic (exact) mass is 291 g/mol. The molecule has 0 atom stereocenters. The second-order valence-electron chi connectivity index (χ2n) is 4.35. The van der Waals surface area contributed by atoms with Gasteiger partial charge in [-0.1, -0.05) is 0 Å². The molecule has 0 fully saturated rings. The Kier molecular flexibility index (Phi) is 4.68. The molecule has 6 heteroatoms. The molecule has 0 amide bonds. The van der Waals surface area contributed by atoms with E-state index in [9.17, 15) is 4.79 Å². The number of ether oxygens (including phenoxy) is 1. The minimum atomic E-state index is -0.329. The van der Waals surface area contributed by atoms with Gasteiger partial charge in [-0.3, -0.25) is 4.98 Å². The SMILES string of the molecule is CCOC(=O)c1c(C)nsc1NCc1cnccc1C. The Hall–Kier alpha value is -1.95. The van der Waals surface area contributed by atoms with Gasteiger partial charge < -0.3 is 10.1 Å². The fourth-order valence-electron chi connectivity index (χ4n) is 1.79. The molecule has 5 nitrogen and oxygen atoms in total. The van der Waals surface area contributed by atoms with E-state index in [1.807, 2.05) is 26.1 Å². The number of hydrogen-bond donors (Lipinski definition) is 1. The van der Waals surface area contributed by atoms with Gasteiger partial charge in [0, 0.05) is 18.9 Å². The van der Waals surface area contributed by atoms with Gasteiger partial charge in [0.05, 0.1) is 12.3 Å². The number of nitrogens with zero attached hydrogens (tertiary/aromatic N) is 2. The number of esters is 1. The van der Waals surface area contributed by atoms with Crippen LogP contribution in [-0.2, 0) is 11.3 Å². The van der Waals surface area contributed by atoms with Gasteiger partial charge in [0.2, 0.25) is 0 Å². The standard InChI is InChI=1S/C14H17N3O2S/c1-4-19-14(18)12-10(3)17-20-13(12)16-8-11-7-15-6-5-9(11)2/h5-7,16H,4,8H2,1-3H3. The van der Waals surface area contributed by atoms with Crippen LogP contribution in [-0.4, -0.2) is 21.9 Å². The lowest BCUT2D eigenvalue weighted by Gasteiger charge is -2.08. The van der Waals surface area contributed by atoms with Gasteiger partial charge in [-0.25, -0.2) is 4.79 Å². The van der Waals surface area contributed by atoms with Crippen molar-refractivity contribution in [2.24, 2.45) is 0 Å². The summed E-state index contributed by atoms with van der Waals surface area (Å²) in [6.45, 7) is 6.59. The van der Waals surface area contributed by atoms with Gasteiger partial charge in [0.1, 0.15) is 10.6 Å². The van der Waals surface area contributed by atoms with Gasteiger partial charge in [-0.2, -0.15) is 4.37 Å². The second kappa shape index (κ2) is 6.47. The van der Waals surface area contributed by atoms with Crippen LogP contribution in [0.25, 0.3) is 0 Å². The normalized spacial score (nSPS) is 10.3. The van der Waals surface area contributed by atoms with Crippen LogP contribution in [0.2, 0.25) is 0 Å². The van der Waals surface area contributed by atoms with Gasteiger partial charge in [-0.15, -0.1) is 0 Å². The highest BCUT2D eigenvalue weighted by Crippen LogP contribution is 2.26. The average molecular weight is 291 g/mol. The number of aromatic nitrogens is 2. The summed E-state index contributed by atoms with van der Waals surface area (Å²) in [5.41, 5.74) is 3.47. The van der Waals surface area contributed by atoms with E-state index < -0.39 is 0 Å². The van der Waals surface area contributed by atoms with Crippen LogP contribution in [0.1, 0.15) is 34.1 Å². The Morgan fingerprint density at radius 2 is 2.25 bits per heavy atom. The number of rotatable bonds is 5. The number of nitrogens with one attached hydrogen (secondary N) is 1. The first kappa shape index (κ1) is 14.5. The van der Waals surface area contributed by atoms with E-state index in [0.29, 0.717) is 24.4 Å². The largest absolute Gasteiger partial charge is 0.462 e. The number of hydrogen-bond acceptors (Lipinski definition) is 6. The van der Waals surface area contributed by atoms with E-state index in [2.05, 4.69) is 14.7 Å². The lowest BCUT2D eigenvalue weighted by Crippen LogP contribution is -2.09. The molecule has 0 radical (unpaired) electrons. The zero-order valence-electron chi connectivity index (χ0n) is 11.8. The third-order valence-electron chi connectivity index (χ3n) is 2.93. The van der Waals surface area contributed by atoms with E-state index in [4.69, 9.17) is 4.74 Å². The predicted octanol–water partition coefficient (Wildman–Crippen LogP) is 2.94. The van der Waals surface area contributed by atoms with Crippen LogP contribution in [0.4, 0.5) is 5.00 Å². The smallest absolute Gasteiger partial charge is 0.343 e. The molecule has 2 aromatic rings. The molecule has 2 rings (SSSR count). The number of carbonyl (C=O) groups excluding carboxylic acids is 1. The lowest BCUT2D eigenvalue weighted by atomic mass is 10.1. The minimum Gasteiger partial charge on any atom is -0.462 e. The first-order chi connectivity index (χ1) is 9.63. The summed E-state index contributed by atoms with van der Waals surface area (Å²) >= 11 is 1.27. The molecule has 0 saturated carbocycles. The van der Waals surface area contributed by atoms with Crippen molar-refractivity contribution < 1.29 is 9.53 Å². The molecule has 2 heterocycles. The Morgan fingerprint density at radius 1 is 1.45 bits per heavy atom. The first-order valence-corrected chi connectivity index (χ1v) is 7.17. The highest BCUT2D eigenvalue weighted by molar-refractivity contribution is 7.10. The highest BCUT2D eigenvalue weighted by Gasteiger charge is 2.19. The van der Waals surface area contributed by atoms with Gasteiger partial charge >= 0.3 is 5.97 Å². The van der Waals surface area contributed by atoms with Crippen LogP contribution in [0.3, 0.4) is 0 Å². The molecular formula is C14H17N3O2S. The molecule has 0 spiro atoms. The highest BCUT2D eigenvalue weighted by atomic mass is 32.1. The molecular weight excluding hydrogens is 274 g/mol. The van der Waals surface area contributed by atoms with Crippen LogP contribution in [0.5, 0.6) is 0 Å². The second-order valence-corrected chi connectivity index (χ2v) is 5.12. The molecule has 0 aliphatic rings. The summed E-state index contributed by atoms with van der Waals surface area (Å²) in [5, 5.41) is 3.99. The molecule has 0 bridgehead atoms. The Morgan fingerprint density at radius 3 is 2.95 bits per heavy atom. The quantitative estimate of drug-likeness (QED) is 0.858. The molecule has 2 aromatic heterocycles. The topological polar surface area (TPSA) is 64.1 Å². The lowest BCUT2D eigenvalue weighted by molar-refractivity contribution is 0.0527. The van der Waals surface area contributed by atoms with E-state index in [-0.39, 0.29) is 5.97 Å². The molecule has 0 saturated heterocycles. The van der Waals surface area contributed by atoms with Gasteiger partial charge in [-0.05, 0) is 49.5 Å². The molecule has 0 aliphatic heterocycles. The van der Waals surface area contributed by atoms with Crippen molar-refractivity contribution in [1.29, 1.82) is 0 Å². The van der Waals surface area contributed by atoms with Crippen molar-refractivity contribution in [2.75, 3.05) is 11.9 Å². The summed E-state index contributed by atoms with van der Waals surface area (Å²) in [4.78, 5) is 16.0. The Labute approximate surface area is 122 Å². The summed E-state index contributed by atoms with van der Waals surface area (Å²) in [6.07, 6.45) is 3.58. The fourth-order valence-corrected chi connectivity index (χ4v) is 2.57. The average Bonchev–Trinajstić information content (AvgIpc) is 2.79.